The van der Waals surface area contributed by atoms with Gasteiger partial charge in [-0.2, -0.15) is 0 Å². The van der Waals surface area contributed by atoms with Crippen LogP contribution in [0.5, 0.6) is 0 Å². The molecule has 0 saturated carbocycles. The van der Waals surface area contributed by atoms with Crippen molar-refractivity contribution in [2.24, 2.45) is 0 Å². The molecule has 1 atom stereocenters. The van der Waals surface area contributed by atoms with E-state index in [0.29, 0.717) is 0 Å². The van der Waals surface area contributed by atoms with E-state index in [-0.39, 0.29) is 5.38 Å². The highest BCUT2D eigenvalue weighted by molar-refractivity contribution is 9.10. The average molecular weight is 316 g/mol. The topological polar surface area (TPSA) is 0 Å². The van der Waals surface area contributed by atoms with Crippen LogP contribution in [-0.4, -0.2) is 0 Å². The first kappa shape index (κ1) is 12.2. The highest BCUT2D eigenvalue weighted by Gasteiger charge is 2.15. The summed E-state index contributed by atoms with van der Waals surface area (Å²) in [5.41, 5.74) is 2.39. The predicted molar refractivity (Wildman–Crippen MR) is 75.6 cm³/mol. The minimum atomic E-state index is -0.0452. The molecule has 0 aliphatic carbocycles. The van der Waals surface area contributed by atoms with Crippen LogP contribution < -0.4 is 0 Å². The smallest absolute Gasteiger partial charge is 0.0930 e. The number of benzene rings is 1. The van der Waals surface area contributed by atoms with Gasteiger partial charge in [0.05, 0.1) is 5.38 Å². The summed E-state index contributed by atoms with van der Waals surface area (Å²) in [6.45, 7) is 4.20. The van der Waals surface area contributed by atoms with Crippen LogP contribution >= 0.6 is 38.9 Å². The Kier molecular flexibility index (Phi) is 3.73. The zero-order valence-corrected chi connectivity index (χ0v) is 12.3. The number of rotatable bonds is 2. The quantitative estimate of drug-likeness (QED) is 0.646. The number of alkyl halides is 1. The van der Waals surface area contributed by atoms with E-state index >= 15 is 0 Å². The van der Waals surface area contributed by atoms with Crippen LogP contribution in [0.15, 0.2) is 34.8 Å². The lowest BCUT2D eigenvalue weighted by atomic mass is 10.0. The lowest BCUT2D eigenvalue weighted by molar-refractivity contribution is 1.14. The van der Waals surface area contributed by atoms with E-state index in [9.17, 15) is 0 Å². The molecule has 0 bridgehead atoms. The second-order valence-corrected chi connectivity index (χ2v) is 6.38. The van der Waals surface area contributed by atoms with Gasteiger partial charge in [-0.3, -0.25) is 0 Å². The first-order valence-electron chi connectivity index (χ1n) is 5.05. The molecular weight excluding hydrogens is 304 g/mol. The summed E-state index contributed by atoms with van der Waals surface area (Å²) in [6.07, 6.45) is 0. The van der Waals surface area contributed by atoms with Gasteiger partial charge in [0, 0.05) is 14.2 Å². The Morgan fingerprint density at radius 2 is 1.94 bits per heavy atom. The fourth-order valence-corrected chi connectivity index (χ4v) is 3.34. The van der Waals surface area contributed by atoms with E-state index in [1.54, 1.807) is 11.3 Å². The molecule has 2 rings (SSSR count). The summed E-state index contributed by atoms with van der Waals surface area (Å²) >= 11 is 11.8. The first-order valence-corrected chi connectivity index (χ1v) is 7.09. The molecule has 1 aromatic heterocycles. The molecule has 0 aliphatic rings. The zero-order chi connectivity index (χ0) is 11.7. The van der Waals surface area contributed by atoms with Crippen LogP contribution in [0.3, 0.4) is 0 Å². The Bertz CT molecular complexity index is 504. The molecule has 1 heterocycles. The fraction of sp³-hybridized carbons (Fsp3) is 0.231. The summed E-state index contributed by atoms with van der Waals surface area (Å²) in [5.74, 6) is 0. The second-order valence-electron chi connectivity index (χ2n) is 3.77. The van der Waals surface area contributed by atoms with Gasteiger partial charge in [-0.25, -0.2) is 0 Å². The number of thiophene rings is 1. The van der Waals surface area contributed by atoms with Gasteiger partial charge in [-0.15, -0.1) is 22.9 Å². The molecule has 0 aliphatic heterocycles. The minimum absolute atomic E-state index is 0.0452. The monoisotopic (exact) mass is 314 g/mol. The van der Waals surface area contributed by atoms with Crippen molar-refractivity contribution >= 4 is 38.9 Å². The molecule has 0 saturated heterocycles. The van der Waals surface area contributed by atoms with E-state index < -0.39 is 0 Å². The molecule has 0 radical (unpaired) electrons. The average Bonchev–Trinajstić information content (AvgIpc) is 2.68. The normalized spacial score (nSPS) is 12.8. The highest BCUT2D eigenvalue weighted by atomic mass is 79.9. The summed E-state index contributed by atoms with van der Waals surface area (Å²) in [5, 5.41) is -0.0452. The third-order valence-corrected chi connectivity index (χ3v) is 5.12. The van der Waals surface area contributed by atoms with Gasteiger partial charge >= 0.3 is 0 Å². The summed E-state index contributed by atoms with van der Waals surface area (Å²) in [7, 11) is 0. The molecule has 3 heteroatoms. The van der Waals surface area contributed by atoms with Crippen molar-refractivity contribution in [1.29, 1.82) is 0 Å². The molecule has 84 valence electrons. The Morgan fingerprint density at radius 3 is 2.56 bits per heavy atom. The minimum Gasteiger partial charge on any atom is -0.144 e. The Morgan fingerprint density at radius 1 is 1.19 bits per heavy atom. The van der Waals surface area contributed by atoms with Crippen molar-refractivity contribution in [1.82, 2.24) is 0 Å². The summed E-state index contributed by atoms with van der Waals surface area (Å²) in [6, 6.07) is 10.4. The van der Waals surface area contributed by atoms with Crippen LogP contribution in [0.2, 0.25) is 0 Å². The van der Waals surface area contributed by atoms with Gasteiger partial charge in [0.2, 0.25) is 0 Å². The number of halogens is 2. The van der Waals surface area contributed by atoms with Crippen molar-refractivity contribution in [2.45, 2.75) is 19.2 Å². The van der Waals surface area contributed by atoms with Crippen molar-refractivity contribution in [3.05, 3.63) is 55.7 Å². The maximum Gasteiger partial charge on any atom is 0.0930 e. The van der Waals surface area contributed by atoms with E-state index in [4.69, 9.17) is 11.6 Å². The molecule has 0 fully saturated rings. The van der Waals surface area contributed by atoms with Crippen molar-refractivity contribution in [3.8, 4) is 0 Å². The first-order chi connectivity index (χ1) is 7.59. The Hall–Kier alpha value is -0.310. The van der Waals surface area contributed by atoms with Crippen LogP contribution in [-0.2, 0) is 0 Å². The summed E-state index contributed by atoms with van der Waals surface area (Å²) in [4.78, 5) is 2.51. The molecule has 0 N–H and O–H groups in total. The molecule has 0 spiro atoms. The van der Waals surface area contributed by atoms with Crippen LogP contribution in [0, 0.1) is 13.8 Å². The van der Waals surface area contributed by atoms with Gasteiger partial charge in [0.15, 0.2) is 0 Å². The van der Waals surface area contributed by atoms with E-state index in [2.05, 4.69) is 48.0 Å². The molecule has 0 amide bonds. The van der Waals surface area contributed by atoms with Crippen molar-refractivity contribution in [2.75, 3.05) is 0 Å². The Labute approximate surface area is 113 Å². The Balaban J connectivity index is 2.41. The van der Waals surface area contributed by atoms with Gasteiger partial charge < -0.3 is 0 Å². The largest absolute Gasteiger partial charge is 0.144 e. The molecular formula is C13H12BrClS. The van der Waals surface area contributed by atoms with E-state index in [1.165, 1.54) is 20.9 Å². The second kappa shape index (κ2) is 4.91. The van der Waals surface area contributed by atoms with Gasteiger partial charge in [0.1, 0.15) is 0 Å². The van der Waals surface area contributed by atoms with Gasteiger partial charge in [0.25, 0.3) is 0 Å². The van der Waals surface area contributed by atoms with Crippen molar-refractivity contribution in [3.63, 3.8) is 0 Å². The van der Waals surface area contributed by atoms with Crippen LogP contribution in [0.1, 0.15) is 26.3 Å². The molecule has 0 nitrogen and oxygen atoms in total. The van der Waals surface area contributed by atoms with Crippen molar-refractivity contribution < 1.29 is 0 Å². The zero-order valence-electron chi connectivity index (χ0n) is 9.13. The standard InChI is InChI=1S/C13H12BrClS/c1-8-6-7-12(16-8)13(15)10-4-3-5-11(14)9(10)2/h3-7,13H,1-2H3. The van der Waals surface area contributed by atoms with Crippen LogP contribution in [0.4, 0.5) is 0 Å². The van der Waals surface area contributed by atoms with Gasteiger partial charge in [-0.05, 0) is 43.2 Å². The maximum absolute atomic E-state index is 6.51. The molecule has 1 aromatic carbocycles. The number of hydrogen-bond donors (Lipinski definition) is 0. The predicted octanol–water partition coefficient (Wildman–Crippen LogP) is 5.46. The van der Waals surface area contributed by atoms with Gasteiger partial charge in [-0.1, -0.05) is 28.1 Å². The lowest BCUT2D eigenvalue weighted by Crippen LogP contribution is -1.94. The fourth-order valence-electron chi connectivity index (χ4n) is 1.64. The number of aryl methyl sites for hydroxylation is 1. The third-order valence-electron chi connectivity index (χ3n) is 2.59. The maximum atomic E-state index is 6.51. The lowest BCUT2D eigenvalue weighted by Gasteiger charge is -2.12. The SMILES string of the molecule is Cc1ccc(C(Cl)c2cccc(Br)c2C)s1. The molecule has 16 heavy (non-hydrogen) atoms. The molecule has 2 aromatic rings. The number of hydrogen-bond acceptors (Lipinski definition) is 1. The van der Waals surface area contributed by atoms with Crippen LogP contribution in [0.25, 0.3) is 0 Å². The molecule has 1 unspecified atom stereocenters. The third kappa shape index (κ3) is 2.34. The van der Waals surface area contributed by atoms with E-state index in [1.807, 2.05) is 12.1 Å². The highest BCUT2D eigenvalue weighted by Crippen LogP contribution is 2.36. The summed E-state index contributed by atoms with van der Waals surface area (Å²) < 4.78 is 1.11. The van der Waals surface area contributed by atoms with E-state index in [0.717, 1.165) is 4.47 Å².